The average molecular weight is 362 g/mol. The third-order valence-corrected chi connectivity index (χ3v) is 6.10. The van der Waals surface area contributed by atoms with Crippen LogP contribution in [0.15, 0.2) is 110 Å². The molecule has 5 rings (SSSR count). The van der Waals surface area contributed by atoms with Crippen LogP contribution in [-0.4, -0.2) is 9.97 Å². The minimum Gasteiger partial charge on any atom is -0.265 e. The first-order valence-corrected chi connectivity index (χ1v) is 9.83. The van der Waals surface area contributed by atoms with E-state index in [0.29, 0.717) is 23.7 Å². The van der Waals surface area contributed by atoms with Crippen molar-refractivity contribution in [3.05, 3.63) is 132 Å². The van der Waals surface area contributed by atoms with Crippen molar-refractivity contribution in [1.82, 2.24) is 9.97 Å². The maximum absolute atomic E-state index is 4.25. The van der Waals surface area contributed by atoms with Gasteiger partial charge in [0.25, 0.3) is 0 Å². The van der Waals surface area contributed by atoms with Gasteiger partial charge >= 0.3 is 0 Å². The predicted molar refractivity (Wildman–Crippen MR) is 112 cm³/mol. The molecule has 2 aromatic carbocycles. The van der Waals surface area contributed by atoms with E-state index in [4.69, 9.17) is 0 Å². The van der Waals surface area contributed by atoms with E-state index in [-0.39, 0.29) is 0 Å². The molecule has 2 unspecified atom stereocenters. The van der Waals surface area contributed by atoms with Gasteiger partial charge in [-0.25, -0.2) is 0 Å². The summed E-state index contributed by atoms with van der Waals surface area (Å²) in [7, 11) is 0. The molecular weight excluding hydrogens is 340 g/mol. The van der Waals surface area contributed by atoms with Crippen LogP contribution in [0.25, 0.3) is 0 Å². The molecule has 136 valence electrons. The summed E-state index contributed by atoms with van der Waals surface area (Å²) in [4.78, 5) is 8.50. The molecule has 28 heavy (non-hydrogen) atoms. The molecule has 2 heteroatoms. The van der Waals surface area contributed by atoms with Gasteiger partial charge in [-0.3, -0.25) is 9.97 Å². The van der Waals surface area contributed by atoms with Crippen molar-refractivity contribution < 1.29 is 0 Å². The smallest absolute Gasteiger partial charge is 0.0270 e. The van der Waals surface area contributed by atoms with Gasteiger partial charge in [0.05, 0.1) is 0 Å². The standard InChI is InChI=1S/C26H22N2/c1-3-7-19(8-4-1)23-24(20-9-5-2-6-10-20)26(22-13-17-28-18-14-22)25(23)21-11-15-27-16-12-21/h1-18,23-26H/t23-,24?,25?,26+/m0/s1. The van der Waals surface area contributed by atoms with Crippen LogP contribution in [0.3, 0.4) is 0 Å². The minimum atomic E-state index is 0.415. The molecule has 2 aromatic heterocycles. The molecule has 0 radical (unpaired) electrons. The summed E-state index contributed by atoms with van der Waals surface area (Å²) in [6.07, 6.45) is 7.65. The SMILES string of the molecule is c1ccc(C2[C@H](c3ccccc3)C(c3ccncc3)[C@@H]2c2ccncc2)cc1. The summed E-state index contributed by atoms with van der Waals surface area (Å²) >= 11 is 0. The highest BCUT2D eigenvalue weighted by Gasteiger charge is 2.52. The van der Waals surface area contributed by atoms with Gasteiger partial charge < -0.3 is 0 Å². The molecule has 4 aromatic rings. The van der Waals surface area contributed by atoms with E-state index in [1.807, 2.05) is 24.8 Å². The first-order valence-electron chi connectivity index (χ1n) is 9.83. The molecule has 2 heterocycles. The van der Waals surface area contributed by atoms with Crippen LogP contribution in [0.1, 0.15) is 45.9 Å². The molecule has 0 amide bonds. The molecule has 1 aliphatic rings. The van der Waals surface area contributed by atoms with Crippen LogP contribution in [0.2, 0.25) is 0 Å². The van der Waals surface area contributed by atoms with Gasteiger partial charge in [-0.2, -0.15) is 0 Å². The van der Waals surface area contributed by atoms with Crippen LogP contribution >= 0.6 is 0 Å². The number of hydrogen-bond donors (Lipinski definition) is 0. The highest BCUT2D eigenvalue weighted by atomic mass is 14.6. The molecule has 2 nitrogen and oxygen atoms in total. The van der Waals surface area contributed by atoms with Gasteiger partial charge in [0.1, 0.15) is 0 Å². The normalized spacial score (nSPS) is 23.7. The summed E-state index contributed by atoms with van der Waals surface area (Å²) in [5.41, 5.74) is 5.53. The second-order valence-electron chi connectivity index (χ2n) is 7.49. The molecule has 0 N–H and O–H groups in total. The Kier molecular flexibility index (Phi) is 4.46. The zero-order chi connectivity index (χ0) is 18.8. The Bertz CT molecular complexity index is 835. The molecule has 1 saturated carbocycles. The number of pyridine rings is 2. The van der Waals surface area contributed by atoms with Gasteiger partial charge in [-0.05, 0) is 70.2 Å². The summed E-state index contributed by atoms with van der Waals surface area (Å²) in [6, 6.07) is 30.6. The number of aromatic nitrogens is 2. The fraction of sp³-hybridized carbons (Fsp3) is 0.154. The maximum atomic E-state index is 4.25. The lowest BCUT2D eigenvalue weighted by atomic mass is 9.49. The Morgan fingerprint density at radius 1 is 0.357 bits per heavy atom. The van der Waals surface area contributed by atoms with Gasteiger partial charge in [0.15, 0.2) is 0 Å². The van der Waals surface area contributed by atoms with Gasteiger partial charge in [-0.1, -0.05) is 60.7 Å². The van der Waals surface area contributed by atoms with Crippen molar-refractivity contribution in [2.24, 2.45) is 0 Å². The van der Waals surface area contributed by atoms with Crippen molar-refractivity contribution in [2.45, 2.75) is 23.7 Å². The Morgan fingerprint density at radius 3 is 0.964 bits per heavy atom. The fourth-order valence-electron chi connectivity index (χ4n) is 4.93. The molecule has 0 saturated heterocycles. The second-order valence-corrected chi connectivity index (χ2v) is 7.49. The largest absolute Gasteiger partial charge is 0.265 e. The van der Waals surface area contributed by atoms with Crippen molar-refractivity contribution in [1.29, 1.82) is 0 Å². The number of rotatable bonds is 4. The zero-order valence-corrected chi connectivity index (χ0v) is 15.6. The van der Waals surface area contributed by atoms with Crippen LogP contribution in [0, 0.1) is 0 Å². The maximum Gasteiger partial charge on any atom is 0.0270 e. The third kappa shape index (κ3) is 2.91. The highest BCUT2D eigenvalue weighted by molar-refractivity contribution is 5.47. The molecule has 0 spiro atoms. The lowest BCUT2D eigenvalue weighted by Gasteiger charge is -2.53. The molecule has 1 aliphatic carbocycles. The Morgan fingerprint density at radius 2 is 0.643 bits per heavy atom. The predicted octanol–water partition coefficient (Wildman–Crippen LogP) is 5.93. The topological polar surface area (TPSA) is 25.8 Å². The van der Waals surface area contributed by atoms with Crippen LogP contribution in [0.4, 0.5) is 0 Å². The van der Waals surface area contributed by atoms with E-state index in [1.54, 1.807) is 0 Å². The van der Waals surface area contributed by atoms with Crippen LogP contribution in [0.5, 0.6) is 0 Å². The molecule has 4 atom stereocenters. The molecule has 1 fully saturated rings. The Hall–Kier alpha value is -3.26. The molecule has 0 bridgehead atoms. The Labute approximate surface area is 165 Å². The van der Waals surface area contributed by atoms with E-state index < -0.39 is 0 Å². The fourth-order valence-corrected chi connectivity index (χ4v) is 4.93. The van der Waals surface area contributed by atoms with Crippen LogP contribution < -0.4 is 0 Å². The van der Waals surface area contributed by atoms with Crippen LogP contribution in [-0.2, 0) is 0 Å². The first-order chi connectivity index (χ1) is 13.9. The van der Waals surface area contributed by atoms with E-state index >= 15 is 0 Å². The third-order valence-electron chi connectivity index (χ3n) is 6.10. The lowest BCUT2D eigenvalue weighted by molar-refractivity contribution is 0.228. The summed E-state index contributed by atoms with van der Waals surface area (Å²) in [5, 5.41) is 0. The van der Waals surface area contributed by atoms with E-state index in [0.717, 1.165) is 0 Å². The lowest BCUT2D eigenvalue weighted by Crippen LogP contribution is -2.40. The second kappa shape index (κ2) is 7.40. The number of hydrogen-bond acceptors (Lipinski definition) is 2. The van der Waals surface area contributed by atoms with Crippen molar-refractivity contribution in [3.63, 3.8) is 0 Å². The van der Waals surface area contributed by atoms with Gasteiger partial charge in [-0.15, -0.1) is 0 Å². The van der Waals surface area contributed by atoms with E-state index in [9.17, 15) is 0 Å². The average Bonchev–Trinajstić information content (AvgIpc) is 2.76. The van der Waals surface area contributed by atoms with Crippen molar-refractivity contribution in [2.75, 3.05) is 0 Å². The number of nitrogens with zero attached hydrogens (tertiary/aromatic N) is 2. The first kappa shape index (κ1) is 16.9. The summed E-state index contributed by atoms with van der Waals surface area (Å²) in [5.74, 6) is 1.70. The quantitative estimate of drug-likeness (QED) is 0.450. The monoisotopic (exact) mass is 362 g/mol. The molecule has 0 aliphatic heterocycles. The summed E-state index contributed by atoms with van der Waals surface area (Å²) < 4.78 is 0. The van der Waals surface area contributed by atoms with Crippen molar-refractivity contribution >= 4 is 0 Å². The van der Waals surface area contributed by atoms with Gasteiger partial charge in [0, 0.05) is 24.8 Å². The highest BCUT2D eigenvalue weighted by Crippen LogP contribution is 2.66. The van der Waals surface area contributed by atoms with Gasteiger partial charge in [0.2, 0.25) is 0 Å². The summed E-state index contributed by atoms with van der Waals surface area (Å²) in [6.45, 7) is 0. The minimum absolute atomic E-state index is 0.415. The molecular formula is C26H22N2. The zero-order valence-electron chi connectivity index (χ0n) is 15.6. The number of benzene rings is 2. The van der Waals surface area contributed by atoms with Crippen molar-refractivity contribution in [3.8, 4) is 0 Å². The van der Waals surface area contributed by atoms with E-state index in [1.165, 1.54) is 22.3 Å². The van der Waals surface area contributed by atoms with E-state index in [2.05, 4.69) is 94.9 Å². The Balaban J connectivity index is 1.67.